The van der Waals surface area contributed by atoms with Crippen LogP contribution in [-0.2, 0) is 0 Å². The molecule has 0 radical (unpaired) electrons. The summed E-state index contributed by atoms with van der Waals surface area (Å²) >= 11 is 19.6. The van der Waals surface area contributed by atoms with Gasteiger partial charge in [-0.25, -0.2) is 0 Å². The summed E-state index contributed by atoms with van der Waals surface area (Å²) in [6, 6.07) is 0. The van der Waals surface area contributed by atoms with Crippen molar-refractivity contribution in [3.8, 4) is 0 Å². The molecule has 24 heavy (non-hydrogen) atoms. The monoisotopic (exact) mass is 500 g/mol. The van der Waals surface area contributed by atoms with Crippen LogP contribution < -0.4 is 0 Å². The molecule has 0 aromatic heterocycles. The van der Waals surface area contributed by atoms with Crippen LogP contribution in [0.25, 0.3) is 0 Å². The lowest BCUT2D eigenvalue weighted by atomic mass is 11.0. The van der Waals surface area contributed by atoms with Crippen molar-refractivity contribution in [1.82, 2.24) is 0 Å². The first-order valence-electron chi connectivity index (χ1n) is 7.06. The SMILES string of the molecule is CCSC1=C(SCC)SC(=C2SC3=C(SC(=C4SC=CS4)S3)S2)S1. The summed E-state index contributed by atoms with van der Waals surface area (Å²) in [4.78, 5) is 0. The molecule has 4 aliphatic heterocycles. The predicted octanol–water partition coefficient (Wildman–Crippen LogP) is 9.39. The smallest absolute Gasteiger partial charge is 0.0718 e. The van der Waals surface area contributed by atoms with E-state index in [1.54, 1.807) is 0 Å². The van der Waals surface area contributed by atoms with Gasteiger partial charge in [0.1, 0.15) is 0 Å². The molecule has 10 heteroatoms. The molecule has 0 saturated heterocycles. The fraction of sp³-hybridized carbons (Fsp3) is 0.286. The molecule has 0 saturated carbocycles. The van der Waals surface area contributed by atoms with Crippen molar-refractivity contribution in [2.24, 2.45) is 0 Å². The third kappa shape index (κ3) is 4.27. The normalized spacial score (nSPS) is 23.6. The molecule has 128 valence electrons. The maximum atomic E-state index is 2.24. The Balaban J connectivity index is 1.44. The standard InChI is InChI=1S/C14H12S10/c1-3-15-8-9(16-4-2)20-11(19-8)12-23-13-14(24-12)22-10(21-13)7-17-5-6-18-7/h5-6H,3-4H2,1-2H3. The molecule has 4 aliphatic rings. The summed E-state index contributed by atoms with van der Waals surface area (Å²) in [5, 5.41) is 4.37. The van der Waals surface area contributed by atoms with Gasteiger partial charge >= 0.3 is 0 Å². The molecule has 4 rings (SSSR count). The Hall–Kier alpha value is 2.20. The van der Waals surface area contributed by atoms with E-state index in [1.165, 1.54) is 33.9 Å². The van der Waals surface area contributed by atoms with Crippen LogP contribution in [0.1, 0.15) is 13.8 Å². The second-order valence-electron chi connectivity index (χ2n) is 4.29. The number of thioether (sulfide) groups is 10. The summed E-state index contributed by atoms with van der Waals surface area (Å²) < 4.78 is 11.9. The topological polar surface area (TPSA) is 0 Å². The van der Waals surface area contributed by atoms with Crippen LogP contribution in [-0.4, -0.2) is 11.5 Å². The second kappa shape index (κ2) is 9.13. The van der Waals surface area contributed by atoms with E-state index in [0.717, 1.165) is 11.5 Å². The van der Waals surface area contributed by atoms with Crippen molar-refractivity contribution in [3.63, 3.8) is 0 Å². The first-order chi connectivity index (χ1) is 11.8. The molecular formula is C14H12S10. The fourth-order valence-corrected chi connectivity index (χ4v) is 16.3. The second-order valence-corrected chi connectivity index (χ2v) is 16.9. The molecule has 0 unspecified atom stereocenters. The van der Waals surface area contributed by atoms with Crippen LogP contribution in [0.4, 0.5) is 0 Å². The summed E-state index contributed by atoms with van der Waals surface area (Å²) in [7, 11) is 0. The third-order valence-electron chi connectivity index (χ3n) is 2.74. The van der Waals surface area contributed by atoms with Crippen LogP contribution in [0, 0.1) is 0 Å². The molecule has 0 bridgehead atoms. The van der Waals surface area contributed by atoms with Gasteiger partial charge in [0.2, 0.25) is 0 Å². The first-order valence-corrected chi connectivity index (χ1v) is 15.7. The molecule has 0 aromatic rings. The van der Waals surface area contributed by atoms with E-state index in [0.29, 0.717) is 0 Å². The Bertz CT molecular complexity index is 659. The molecular weight excluding hydrogens is 489 g/mol. The molecule has 0 spiro atoms. The summed E-state index contributed by atoms with van der Waals surface area (Å²) in [5.74, 6) is 2.31. The maximum Gasteiger partial charge on any atom is 0.0718 e. The van der Waals surface area contributed by atoms with Gasteiger partial charge in [-0.05, 0) is 22.3 Å². The van der Waals surface area contributed by atoms with Gasteiger partial charge < -0.3 is 0 Å². The van der Waals surface area contributed by atoms with E-state index in [4.69, 9.17) is 0 Å². The Labute approximate surface area is 185 Å². The van der Waals surface area contributed by atoms with Crippen LogP contribution >= 0.6 is 118 Å². The molecule has 0 amide bonds. The summed E-state index contributed by atoms with van der Waals surface area (Å²) in [5.41, 5.74) is 0. The Morgan fingerprint density at radius 3 is 1.38 bits per heavy atom. The summed E-state index contributed by atoms with van der Waals surface area (Å²) in [6.07, 6.45) is 0. The van der Waals surface area contributed by atoms with Gasteiger partial charge in [-0.3, -0.25) is 0 Å². The minimum absolute atomic E-state index is 1.15. The van der Waals surface area contributed by atoms with Crippen molar-refractivity contribution >= 4 is 118 Å². The highest BCUT2D eigenvalue weighted by atomic mass is 32.3. The van der Waals surface area contributed by atoms with Gasteiger partial charge in [-0.15, -0.1) is 23.5 Å². The van der Waals surface area contributed by atoms with E-state index in [9.17, 15) is 0 Å². The molecule has 0 fully saturated rings. The minimum Gasteiger partial charge on any atom is -0.118 e. The van der Waals surface area contributed by atoms with Crippen LogP contribution in [0.2, 0.25) is 0 Å². The van der Waals surface area contributed by atoms with E-state index in [-0.39, 0.29) is 0 Å². The van der Waals surface area contributed by atoms with Crippen molar-refractivity contribution in [2.45, 2.75) is 13.8 Å². The molecule has 4 heterocycles. The van der Waals surface area contributed by atoms with Gasteiger partial charge in [0, 0.05) is 0 Å². The Morgan fingerprint density at radius 2 is 0.958 bits per heavy atom. The summed E-state index contributed by atoms with van der Waals surface area (Å²) in [6.45, 7) is 4.49. The highest BCUT2D eigenvalue weighted by molar-refractivity contribution is 8.50. The van der Waals surface area contributed by atoms with Gasteiger partial charge in [-0.1, -0.05) is 108 Å². The van der Waals surface area contributed by atoms with Crippen molar-refractivity contribution in [1.29, 1.82) is 0 Å². The molecule has 0 atom stereocenters. The first kappa shape index (κ1) is 19.5. The average Bonchev–Trinajstić information content (AvgIpc) is 3.30. The van der Waals surface area contributed by atoms with E-state index in [1.807, 2.05) is 118 Å². The number of rotatable bonds is 4. The Morgan fingerprint density at radius 1 is 0.583 bits per heavy atom. The highest BCUT2D eigenvalue weighted by Gasteiger charge is 2.35. The van der Waals surface area contributed by atoms with E-state index in [2.05, 4.69) is 24.7 Å². The maximum absolute atomic E-state index is 2.24. The van der Waals surface area contributed by atoms with Crippen LogP contribution in [0.3, 0.4) is 0 Å². The van der Waals surface area contributed by atoms with E-state index >= 15 is 0 Å². The van der Waals surface area contributed by atoms with Gasteiger partial charge in [0.15, 0.2) is 0 Å². The number of hydrogen-bond donors (Lipinski definition) is 0. The zero-order chi connectivity index (χ0) is 16.5. The predicted molar refractivity (Wildman–Crippen MR) is 134 cm³/mol. The molecule has 0 nitrogen and oxygen atoms in total. The van der Waals surface area contributed by atoms with Crippen molar-refractivity contribution in [3.05, 3.63) is 44.7 Å². The van der Waals surface area contributed by atoms with Gasteiger partial charge in [-0.2, -0.15) is 0 Å². The fourth-order valence-electron chi connectivity index (χ4n) is 1.85. The lowest BCUT2D eigenvalue weighted by Gasteiger charge is -2.06. The van der Waals surface area contributed by atoms with Gasteiger partial charge in [0.25, 0.3) is 0 Å². The molecule has 0 N–H and O–H groups in total. The number of hydrogen-bond acceptors (Lipinski definition) is 10. The minimum atomic E-state index is 1.15. The Kier molecular flexibility index (Phi) is 7.43. The zero-order valence-corrected chi connectivity index (χ0v) is 20.8. The van der Waals surface area contributed by atoms with Crippen molar-refractivity contribution < 1.29 is 0 Å². The average molecular weight is 501 g/mol. The van der Waals surface area contributed by atoms with Crippen LogP contribution in [0.5, 0.6) is 0 Å². The third-order valence-corrected chi connectivity index (χ3v) is 16.8. The quantitative estimate of drug-likeness (QED) is 0.364. The molecule has 0 aromatic carbocycles. The highest BCUT2D eigenvalue weighted by Crippen LogP contribution is 2.72. The zero-order valence-electron chi connectivity index (χ0n) is 12.7. The largest absolute Gasteiger partial charge is 0.118 e. The van der Waals surface area contributed by atoms with E-state index < -0.39 is 0 Å². The molecule has 0 aliphatic carbocycles. The lowest BCUT2D eigenvalue weighted by molar-refractivity contribution is 1.53. The lowest BCUT2D eigenvalue weighted by Crippen LogP contribution is -1.72. The van der Waals surface area contributed by atoms with Crippen LogP contribution in [0.15, 0.2) is 44.7 Å². The van der Waals surface area contributed by atoms with Gasteiger partial charge in [0.05, 0.1) is 33.9 Å². The van der Waals surface area contributed by atoms with Crippen molar-refractivity contribution in [2.75, 3.05) is 11.5 Å².